The second-order valence-electron chi connectivity index (χ2n) is 6.38. The molecule has 2 amide bonds. The zero-order valence-corrected chi connectivity index (χ0v) is 16.6. The van der Waals surface area contributed by atoms with Crippen molar-refractivity contribution in [2.75, 3.05) is 26.2 Å². The highest BCUT2D eigenvalue weighted by Crippen LogP contribution is 2.40. The molecule has 4 rings (SSSR count). The van der Waals surface area contributed by atoms with Crippen LogP contribution in [0.1, 0.15) is 5.56 Å². The smallest absolute Gasteiger partial charge is 0.279 e. The van der Waals surface area contributed by atoms with Crippen molar-refractivity contribution in [1.29, 1.82) is 0 Å². The van der Waals surface area contributed by atoms with Gasteiger partial charge in [-0.25, -0.2) is 4.90 Å². The number of ether oxygens (including phenoxy) is 3. The Kier molecular flexibility index (Phi) is 4.79. The molecule has 0 spiro atoms. The van der Waals surface area contributed by atoms with Crippen molar-refractivity contribution >= 4 is 34.8 Å². The van der Waals surface area contributed by atoms with Gasteiger partial charge in [0, 0.05) is 10.6 Å². The van der Waals surface area contributed by atoms with Crippen LogP contribution in [0.15, 0.2) is 41.6 Å². The average Bonchev–Trinajstić information content (AvgIpc) is 3.27. The molecule has 0 aliphatic carbocycles. The summed E-state index contributed by atoms with van der Waals surface area (Å²) in [7, 11) is 4.49. The largest absolute Gasteiger partial charge is 0.495 e. The van der Waals surface area contributed by atoms with E-state index < -0.39 is 23.8 Å². The van der Waals surface area contributed by atoms with Crippen molar-refractivity contribution in [1.82, 2.24) is 0 Å². The van der Waals surface area contributed by atoms with Gasteiger partial charge in [0.15, 0.2) is 11.5 Å². The highest BCUT2D eigenvalue weighted by atomic mass is 35.5. The third-order valence-electron chi connectivity index (χ3n) is 4.87. The monoisotopic (exact) mass is 416 g/mol. The summed E-state index contributed by atoms with van der Waals surface area (Å²) >= 11 is 6.07. The minimum Gasteiger partial charge on any atom is -0.495 e. The fraction of sp³-hybridized carbons (Fsp3) is 0.250. The number of oxime groups is 1. The molecule has 1 fully saturated rings. The first-order valence-electron chi connectivity index (χ1n) is 8.67. The summed E-state index contributed by atoms with van der Waals surface area (Å²) in [4.78, 5) is 32.5. The Morgan fingerprint density at radius 1 is 0.931 bits per heavy atom. The van der Waals surface area contributed by atoms with Gasteiger partial charge in [0.1, 0.15) is 17.4 Å². The summed E-state index contributed by atoms with van der Waals surface area (Å²) in [5, 5.41) is 4.37. The lowest BCUT2D eigenvalue weighted by Gasteiger charge is -2.18. The maximum Gasteiger partial charge on any atom is 0.279 e. The lowest BCUT2D eigenvalue weighted by Crippen LogP contribution is -2.33. The SMILES string of the molecule is COc1ccc(C2=NO[C@@H]3C(=O)N(c4cc(Cl)ccc4OC)C(=O)[C@H]23)cc1OC. The van der Waals surface area contributed by atoms with E-state index in [1.165, 1.54) is 27.4 Å². The predicted octanol–water partition coefficient (Wildman–Crippen LogP) is 2.66. The Hall–Kier alpha value is -3.26. The number of carbonyl (C=O) groups excluding carboxylic acids is 2. The van der Waals surface area contributed by atoms with Crippen LogP contribution in [0.3, 0.4) is 0 Å². The first-order chi connectivity index (χ1) is 14.0. The Morgan fingerprint density at radius 3 is 2.31 bits per heavy atom. The predicted molar refractivity (Wildman–Crippen MR) is 105 cm³/mol. The standard InChI is InChI=1S/C20H17ClN2O6/c1-26-13-7-5-11(21)9-12(13)23-19(24)16-17(22-29-18(16)20(23)25)10-4-6-14(27-2)15(8-10)28-3/h4-9,16,18H,1-3H3/t16-,18+/m1/s1. The molecule has 2 aromatic rings. The van der Waals surface area contributed by atoms with E-state index in [0.717, 1.165) is 4.90 Å². The molecule has 8 nitrogen and oxygen atoms in total. The Morgan fingerprint density at radius 2 is 1.62 bits per heavy atom. The van der Waals surface area contributed by atoms with Crippen molar-refractivity contribution in [2.45, 2.75) is 6.10 Å². The fourth-order valence-corrected chi connectivity index (χ4v) is 3.65. The molecule has 2 atom stereocenters. The quantitative estimate of drug-likeness (QED) is 0.696. The van der Waals surface area contributed by atoms with Gasteiger partial charge in [-0.15, -0.1) is 0 Å². The number of fused-ring (bicyclic) bond motifs is 1. The molecule has 0 saturated carbocycles. The summed E-state index contributed by atoms with van der Waals surface area (Å²) in [6.45, 7) is 0. The highest BCUT2D eigenvalue weighted by molar-refractivity contribution is 6.34. The number of imide groups is 1. The fourth-order valence-electron chi connectivity index (χ4n) is 3.49. The molecule has 29 heavy (non-hydrogen) atoms. The number of anilines is 1. The number of hydrogen-bond acceptors (Lipinski definition) is 7. The maximum atomic E-state index is 13.2. The number of methoxy groups -OCH3 is 3. The van der Waals surface area contributed by atoms with Crippen molar-refractivity contribution in [3.8, 4) is 17.2 Å². The van der Waals surface area contributed by atoms with Crippen molar-refractivity contribution < 1.29 is 28.6 Å². The van der Waals surface area contributed by atoms with Crippen LogP contribution in [0.4, 0.5) is 5.69 Å². The van der Waals surface area contributed by atoms with E-state index in [1.807, 2.05) is 0 Å². The van der Waals surface area contributed by atoms with Crippen LogP contribution in [0.25, 0.3) is 0 Å². The number of carbonyl (C=O) groups is 2. The van der Waals surface area contributed by atoms with Crippen LogP contribution in [0, 0.1) is 5.92 Å². The summed E-state index contributed by atoms with van der Waals surface area (Å²) in [5.74, 6) is -0.524. The van der Waals surface area contributed by atoms with Gasteiger partial charge >= 0.3 is 0 Å². The molecular formula is C20H17ClN2O6. The number of benzene rings is 2. The molecule has 0 bridgehead atoms. The van der Waals surface area contributed by atoms with Crippen LogP contribution in [0.2, 0.25) is 5.02 Å². The van der Waals surface area contributed by atoms with Gasteiger partial charge < -0.3 is 19.0 Å². The molecule has 2 aliphatic rings. The third kappa shape index (κ3) is 2.96. The second kappa shape index (κ2) is 7.29. The molecule has 0 radical (unpaired) electrons. The molecule has 0 aromatic heterocycles. The van der Waals surface area contributed by atoms with Crippen molar-refractivity contribution in [3.05, 3.63) is 47.0 Å². The number of nitrogens with zero attached hydrogens (tertiary/aromatic N) is 2. The lowest BCUT2D eigenvalue weighted by atomic mass is 9.94. The van der Waals surface area contributed by atoms with E-state index >= 15 is 0 Å². The Labute approximate surface area is 171 Å². The van der Waals surface area contributed by atoms with E-state index in [-0.39, 0.29) is 5.69 Å². The number of halogens is 1. The first-order valence-corrected chi connectivity index (χ1v) is 9.05. The number of rotatable bonds is 5. The van der Waals surface area contributed by atoms with E-state index in [0.29, 0.717) is 33.5 Å². The molecule has 2 heterocycles. The second-order valence-corrected chi connectivity index (χ2v) is 6.81. The molecule has 2 aliphatic heterocycles. The van der Waals surface area contributed by atoms with Crippen LogP contribution in [-0.4, -0.2) is 45.0 Å². The lowest BCUT2D eigenvalue weighted by molar-refractivity contribution is -0.126. The van der Waals surface area contributed by atoms with Crippen LogP contribution < -0.4 is 19.1 Å². The summed E-state index contributed by atoms with van der Waals surface area (Å²) < 4.78 is 15.8. The molecule has 0 unspecified atom stereocenters. The van der Waals surface area contributed by atoms with Crippen LogP contribution >= 0.6 is 11.6 Å². The van der Waals surface area contributed by atoms with Gasteiger partial charge in [-0.05, 0) is 36.4 Å². The van der Waals surface area contributed by atoms with E-state index in [1.54, 1.807) is 30.3 Å². The van der Waals surface area contributed by atoms with Crippen molar-refractivity contribution in [3.63, 3.8) is 0 Å². The molecule has 0 N–H and O–H groups in total. The first kappa shape index (κ1) is 19.1. The summed E-state index contributed by atoms with van der Waals surface area (Å²) in [5.41, 5.74) is 1.20. The minimum atomic E-state index is -1.05. The topological polar surface area (TPSA) is 86.7 Å². The molecule has 9 heteroatoms. The normalized spacial score (nSPS) is 20.3. The zero-order chi connectivity index (χ0) is 20.7. The number of hydrogen-bond donors (Lipinski definition) is 0. The molecule has 2 aromatic carbocycles. The van der Waals surface area contributed by atoms with Crippen molar-refractivity contribution in [2.24, 2.45) is 11.1 Å². The molecule has 1 saturated heterocycles. The molecule has 150 valence electrons. The highest BCUT2D eigenvalue weighted by Gasteiger charge is 2.56. The van der Waals surface area contributed by atoms with Gasteiger partial charge in [0.05, 0.1) is 27.0 Å². The number of amides is 2. The van der Waals surface area contributed by atoms with Crippen LogP contribution in [0.5, 0.6) is 17.2 Å². The van der Waals surface area contributed by atoms with Gasteiger partial charge in [0.25, 0.3) is 5.91 Å². The molecular weight excluding hydrogens is 400 g/mol. The minimum absolute atomic E-state index is 0.264. The van der Waals surface area contributed by atoms with E-state index in [4.69, 9.17) is 30.6 Å². The summed E-state index contributed by atoms with van der Waals surface area (Å²) in [6.07, 6.45) is -1.05. The Balaban J connectivity index is 1.73. The zero-order valence-electron chi connectivity index (χ0n) is 15.8. The summed E-state index contributed by atoms with van der Waals surface area (Å²) in [6, 6.07) is 9.82. The van der Waals surface area contributed by atoms with Gasteiger partial charge in [-0.3, -0.25) is 9.59 Å². The van der Waals surface area contributed by atoms with Crippen LogP contribution in [-0.2, 0) is 14.4 Å². The average molecular weight is 417 g/mol. The maximum absolute atomic E-state index is 13.2. The van der Waals surface area contributed by atoms with Gasteiger partial charge in [-0.1, -0.05) is 16.8 Å². The van der Waals surface area contributed by atoms with E-state index in [9.17, 15) is 9.59 Å². The van der Waals surface area contributed by atoms with Gasteiger partial charge in [-0.2, -0.15) is 0 Å². The third-order valence-corrected chi connectivity index (χ3v) is 5.11. The van der Waals surface area contributed by atoms with E-state index in [2.05, 4.69) is 5.16 Å². The Bertz CT molecular complexity index is 1040. The van der Waals surface area contributed by atoms with Gasteiger partial charge in [0.2, 0.25) is 12.0 Å².